The topological polar surface area (TPSA) is 74.4 Å². The van der Waals surface area contributed by atoms with Gasteiger partial charge in [-0.05, 0) is 42.3 Å². The summed E-state index contributed by atoms with van der Waals surface area (Å²) in [5.41, 5.74) is 0. The van der Waals surface area contributed by atoms with Crippen LogP contribution in [0.2, 0.25) is 0 Å². The number of halogens is 2. The van der Waals surface area contributed by atoms with Gasteiger partial charge in [-0.1, -0.05) is 0 Å². The minimum atomic E-state index is -0.115. The third-order valence-corrected chi connectivity index (χ3v) is 4.73. The van der Waals surface area contributed by atoms with Crippen LogP contribution in [0.25, 0.3) is 10.7 Å². The van der Waals surface area contributed by atoms with Gasteiger partial charge in [0.15, 0.2) is 5.82 Å². The van der Waals surface area contributed by atoms with Crippen LogP contribution >= 0.6 is 43.2 Å². The van der Waals surface area contributed by atoms with E-state index in [0.29, 0.717) is 15.2 Å². The van der Waals surface area contributed by atoms with Gasteiger partial charge in [-0.3, -0.25) is 5.11 Å². The first-order valence-electron chi connectivity index (χ1n) is 3.09. The monoisotopic (exact) mass is 323 g/mol. The van der Waals surface area contributed by atoms with Crippen molar-refractivity contribution >= 4 is 43.2 Å². The van der Waals surface area contributed by atoms with E-state index in [0.717, 1.165) is 3.79 Å². The molecular weight excluding hydrogens is 324 g/mol. The standard InChI is InChI=1S/C5HBr2N4OS/c6-1-2(12)3(13-4(1)7)5-8-10-11-9-5/h(H,8,9,10,11). The van der Waals surface area contributed by atoms with Gasteiger partial charge in [-0.2, -0.15) is 0 Å². The average Bonchev–Trinajstić information content (AvgIpc) is 2.70. The second-order valence-corrected chi connectivity index (χ2v) is 5.23. The third-order valence-electron chi connectivity index (χ3n) is 1.33. The van der Waals surface area contributed by atoms with Crippen LogP contribution in [0, 0.1) is 0 Å². The van der Waals surface area contributed by atoms with Crippen molar-refractivity contribution in [2.24, 2.45) is 0 Å². The van der Waals surface area contributed by atoms with E-state index in [2.05, 4.69) is 52.5 Å². The Hall–Kier alpha value is -0.470. The Morgan fingerprint density at radius 2 is 2.15 bits per heavy atom. The van der Waals surface area contributed by atoms with E-state index in [1.165, 1.54) is 11.3 Å². The molecule has 13 heavy (non-hydrogen) atoms. The molecule has 2 aromatic heterocycles. The molecule has 0 fully saturated rings. The number of aromatic amines is 1. The molecule has 0 amide bonds. The molecule has 5 nitrogen and oxygen atoms in total. The molecular formula is C5HBr2N4OS. The summed E-state index contributed by atoms with van der Waals surface area (Å²) in [5.74, 6) is 0.275. The maximum Gasteiger partial charge on any atom is 0.215 e. The van der Waals surface area contributed by atoms with Gasteiger partial charge in [0.1, 0.15) is 4.88 Å². The van der Waals surface area contributed by atoms with Crippen molar-refractivity contribution < 1.29 is 5.11 Å². The molecule has 0 atom stereocenters. The lowest BCUT2D eigenvalue weighted by atomic mass is 10.4. The molecule has 0 aliphatic rings. The summed E-state index contributed by atoms with van der Waals surface area (Å²) >= 11 is 7.68. The number of rotatable bonds is 1. The fourth-order valence-electron chi connectivity index (χ4n) is 0.781. The van der Waals surface area contributed by atoms with Crippen molar-refractivity contribution in [3.8, 4) is 16.5 Å². The predicted molar refractivity (Wildman–Crippen MR) is 53.0 cm³/mol. The molecule has 2 heterocycles. The molecule has 1 radical (unpaired) electrons. The van der Waals surface area contributed by atoms with E-state index < -0.39 is 0 Å². The Labute approximate surface area is 93.4 Å². The predicted octanol–water partition coefficient (Wildman–Crippen LogP) is 2.60. The molecule has 0 aliphatic carbocycles. The van der Waals surface area contributed by atoms with Gasteiger partial charge < -0.3 is 0 Å². The van der Waals surface area contributed by atoms with E-state index in [9.17, 15) is 5.11 Å². The van der Waals surface area contributed by atoms with Crippen LogP contribution in [0.1, 0.15) is 0 Å². The van der Waals surface area contributed by atoms with Crippen molar-refractivity contribution in [3.63, 3.8) is 0 Å². The number of H-pyrrole nitrogens is 1. The fourth-order valence-corrected chi connectivity index (χ4v) is 2.76. The minimum absolute atomic E-state index is 0.115. The first-order valence-corrected chi connectivity index (χ1v) is 5.49. The summed E-state index contributed by atoms with van der Waals surface area (Å²) < 4.78 is 1.24. The van der Waals surface area contributed by atoms with Gasteiger partial charge in [-0.25, -0.2) is 5.10 Å². The van der Waals surface area contributed by atoms with Gasteiger partial charge in [0.25, 0.3) is 0 Å². The SMILES string of the molecule is [O]c1c(-c2nnn[nH]2)sc(Br)c1Br. The van der Waals surface area contributed by atoms with Crippen LogP contribution in [0.3, 0.4) is 0 Å². The zero-order valence-electron chi connectivity index (χ0n) is 5.91. The molecule has 0 saturated carbocycles. The Morgan fingerprint density at radius 1 is 1.38 bits per heavy atom. The maximum atomic E-state index is 11.5. The Morgan fingerprint density at radius 3 is 2.62 bits per heavy atom. The Kier molecular flexibility index (Phi) is 2.35. The molecule has 0 spiro atoms. The third kappa shape index (κ3) is 1.49. The summed E-state index contributed by atoms with van der Waals surface area (Å²) in [6.45, 7) is 0. The van der Waals surface area contributed by atoms with E-state index in [1.807, 2.05) is 0 Å². The van der Waals surface area contributed by atoms with E-state index in [-0.39, 0.29) is 5.75 Å². The highest BCUT2D eigenvalue weighted by Crippen LogP contribution is 2.46. The highest BCUT2D eigenvalue weighted by Gasteiger charge is 2.19. The number of hydrogen-bond donors (Lipinski definition) is 1. The van der Waals surface area contributed by atoms with Crippen molar-refractivity contribution in [1.29, 1.82) is 0 Å². The van der Waals surface area contributed by atoms with Crippen LogP contribution in [0.5, 0.6) is 5.75 Å². The summed E-state index contributed by atoms with van der Waals surface area (Å²) in [5, 5.41) is 24.5. The smallest absolute Gasteiger partial charge is 0.215 e. The van der Waals surface area contributed by atoms with E-state index >= 15 is 0 Å². The molecule has 8 heteroatoms. The molecule has 0 aromatic carbocycles. The lowest BCUT2D eigenvalue weighted by molar-refractivity contribution is 0.355. The maximum absolute atomic E-state index is 11.5. The number of aromatic nitrogens is 4. The van der Waals surface area contributed by atoms with Crippen molar-refractivity contribution in [3.05, 3.63) is 8.26 Å². The first-order chi connectivity index (χ1) is 6.20. The molecule has 0 aliphatic heterocycles. The number of thiophene rings is 1. The van der Waals surface area contributed by atoms with Crippen LogP contribution < -0.4 is 0 Å². The lowest BCUT2D eigenvalue weighted by Gasteiger charge is -1.86. The highest BCUT2D eigenvalue weighted by atomic mass is 79.9. The number of nitrogens with zero attached hydrogens (tertiary/aromatic N) is 3. The van der Waals surface area contributed by atoms with Gasteiger partial charge in [0.05, 0.1) is 8.26 Å². The van der Waals surface area contributed by atoms with Gasteiger partial charge >= 0.3 is 0 Å². The Balaban J connectivity index is 2.59. The van der Waals surface area contributed by atoms with E-state index in [4.69, 9.17) is 0 Å². The molecule has 67 valence electrons. The van der Waals surface area contributed by atoms with Gasteiger partial charge in [0, 0.05) is 0 Å². The van der Waals surface area contributed by atoms with Crippen molar-refractivity contribution in [1.82, 2.24) is 20.6 Å². The minimum Gasteiger partial charge on any atom is -0.287 e. The summed E-state index contributed by atoms with van der Waals surface area (Å²) in [7, 11) is 0. The van der Waals surface area contributed by atoms with E-state index in [1.54, 1.807) is 0 Å². The average molecular weight is 325 g/mol. The second kappa shape index (κ2) is 3.35. The zero-order chi connectivity index (χ0) is 9.42. The second-order valence-electron chi connectivity index (χ2n) is 2.10. The quantitative estimate of drug-likeness (QED) is 0.876. The number of hydrogen-bond acceptors (Lipinski definition) is 4. The Bertz CT molecular complexity index is 426. The summed E-state index contributed by atoms with van der Waals surface area (Å²) in [6, 6.07) is 0. The molecule has 0 bridgehead atoms. The molecule has 1 N–H and O–H groups in total. The van der Waals surface area contributed by atoms with Gasteiger partial charge in [0.2, 0.25) is 5.75 Å². The summed E-state index contributed by atoms with van der Waals surface area (Å²) in [4.78, 5) is 0.490. The molecule has 2 rings (SSSR count). The molecule has 0 unspecified atom stereocenters. The summed E-state index contributed by atoms with van der Waals surface area (Å²) in [6.07, 6.45) is 0. The molecule has 2 aromatic rings. The van der Waals surface area contributed by atoms with Crippen LogP contribution in [-0.4, -0.2) is 20.6 Å². The van der Waals surface area contributed by atoms with Crippen LogP contribution in [-0.2, 0) is 5.11 Å². The molecule has 0 saturated heterocycles. The fraction of sp³-hybridized carbons (Fsp3) is 0. The lowest BCUT2D eigenvalue weighted by Crippen LogP contribution is -1.75. The van der Waals surface area contributed by atoms with Crippen LogP contribution in [0.4, 0.5) is 0 Å². The van der Waals surface area contributed by atoms with Crippen LogP contribution in [0.15, 0.2) is 8.26 Å². The van der Waals surface area contributed by atoms with Crippen molar-refractivity contribution in [2.45, 2.75) is 0 Å². The first kappa shape index (κ1) is 9.10. The van der Waals surface area contributed by atoms with Gasteiger partial charge in [-0.15, -0.1) is 16.4 Å². The normalized spacial score (nSPS) is 10.6. The van der Waals surface area contributed by atoms with Crippen molar-refractivity contribution in [2.75, 3.05) is 0 Å². The largest absolute Gasteiger partial charge is 0.287 e. The number of tetrazole rings is 1. The highest BCUT2D eigenvalue weighted by molar-refractivity contribution is 9.13. The number of nitrogens with one attached hydrogen (secondary N) is 1. The zero-order valence-corrected chi connectivity index (χ0v) is 9.90.